The molecule has 1 amide bonds. The van der Waals surface area contributed by atoms with Gasteiger partial charge >= 0.3 is 0 Å². The Morgan fingerprint density at radius 1 is 1.64 bits per heavy atom. The fraction of sp³-hybridized carbons (Fsp3) is 0.625. The molecule has 0 saturated carbocycles. The SMILES string of the molecule is Cc1nnsc1C(=O)NC(C)(C)CBr. The maximum atomic E-state index is 11.7. The lowest BCUT2D eigenvalue weighted by atomic mass is 10.1. The van der Waals surface area contributed by atoms with Crippen molar-refractivity contribution in [1.82, 2.24) is 14.9 Å². The lowest BCUT2D eigenvalue weighted by Crippen LogP contribution is -2.44. The van der Waals surface area contributed by atoms with Gasteiger partial charge in [0.25, 0.3) is 5.91 Å². The van der Waals surface area contributed by atoms with Crippen LogP contribution >= 0.6 is 27.5 Å². The summed E-state index contributed by atoms with van der Waals surface area (Å²) in [6, 6.07) is 0. The van der Waals surface area contributed by atoms with Gasteiger partial charge in [0.2, 0.25) is 0 Å². The summed E-state index contributed by atoms with van der Waals surface area (Å²) >= 11 is 4.46. The number of rotatable bonds is 3. The molecule has 0 aliphatic rings. The minimum atomic E-state index is -0.256. The van der Waals surface area contributed by atoms with E-state index in [1.807, 2.05) is 13.8 Å². The summed E-state index contributed by atoms with van der Waals surface area (Å²) in [5, 5.41) is 7.39. The van der Waals surface area contributed by atoms with Crippen molar-refractivity contribution < 1.29 is 4.79 Å². The molecule has 0 aromatic carbocycles. The number of hydrogen-bond acceptors (Lipinski definition) is 4. The first-order valence-corrected chi connectivity index (χ1v) is 6.03. The Morgan fingerprint density at radius 3 is 2.71 bits per heavy atom. The summed E-state index contributed by atoms with van der Waals surface area (Å²) in [6.07, 6.45) is 0. The molecule has 0 atom stereocenters. The molecule has 1 aromatic rings. The van der Waals surface area contributed by atoms with Crippen molar-refractivity contribution in [1.29, 1.82) is 0 Å². The van der Waals surface area contributed by atoms with Crippen molar-refractivity contribution in [2.45, 2.75) is 26.3 Å². The highest BCUT2D eigenvalue weighted by molar-refractivity contribution is 9.09. The number of hydrogen-bond donors (Lipinski definition) is 1. The second kappa shape index (κ2) is 4.35. The molecule has 0 unspecified atom stereocenters. The van der Waals surface area contributed by atoms with Crippen molar-refractivity contribution in [3.63, 3.8) is 0 Å². The molecule has 0 aliphatic carbocycles. The van der Waals surface area contributed by atoms with E-state index in [1.54, 1.807) is 6.92 Å². The number of aryl methyl sites for hydroxylation is 1. The zero-order valence-electron chi connectivity index (χ0n) is 8.30. The molecule has 78 valence electrons. The van der Waals surface area contributed by atoms with Crippen LogP contribution in [0.2, 0.25) is 0 Å². The van der Waals surface area contributed by atoms with E-state index in [-0.39, 0.29) is 11.4 Å². The molecule has 0 saturated heterocycles. The molecule has 6 heteroatoms. The Bertz CT molecular complexity index is 337. The number of carbonyl (C=O) groups excluding carboxylic acids is 1. The number of alkyl halides is 1. The summed E-state index contributed by atoms with van der Waals surface area (Å²) in [4.78, 5) is 12.3. The fourth-order valence-corrected chi connectivity index (χ4v) is 1.53. The van der Waals surface area contributed by atoms with E-state index < -0.39 is 0 Å². The molecule has 0 spiro atoms. The third kappa shape index (κ3) is 2.75. The van der Waals surface area contributed by atoms with Crippen LogP contribution in [-0.2, 0) is 0 Å². The first-order valence-electron chi connectivity index (χ1n) is 4.14. The van der Waals surface area contributed by atoms with Gasteiger partial charge < -0.3 is 5.32 Å². The number of nitrogens with zero attached hydrogens (tertiary/aromatic N) is 2. The highest BCUT2D eigenvalue weighted by Crippen LogP contribution is 2.12. The average molecular weight is 278 g/mol. The van der Waals surface area contributed by atoms with E-state index in [0.29, 0.717) is 15.9 Å². The van der Waals surface area contributed by atoms with E-state index >= 15 is 0 Å². The van der Waals surface area contributed by atoms with E-state index in [2.05, 4.69) is 30.8 Å². The van der Waals surface area contributed by atoms with E-state index in [0.717, 1.165) is 11.5 Å². The number of amides is 1. The fourth-order valence-electron chi connectivity index (χ4n) is 0.837. The lowest BCUT2D eigenvalue weighted by Gasteiger charge is -2.22. The molecule has 14 heavy (non-hydrogen) atoms. The molecule has 1 heterocycles. The number of aromatic nitrogens is 2. The number of nitrogens with one attached hydrogen (secondary N) is 1. The van der Waals surface area contributed by atoms with Gasteiger partial charge in [0, 0.05) is 10.9 Å². The molecule has 0 fully saturated rings. The normalized spacial score (nSPS) is 11.4. The third-order valence-electron chi connectivity index (χ3n) is 1.64. The minimum absolute atomic E-state index is 0.109. The highest BCUT2D eigenvalue weighted by Gasteiger charge is 2.22. The first kappa shape index (κ1) is 11.6. The molecule has 0 aliphatic heterocycles. The summed E-state index contributed by atoms with van der Waals surface area (Å²) in [7, 11) is 0. The van der Waals surface area contributed by atoms with Gasteiger partial charge in [-0.05, 0) is 32.3 Å². The van der Waals surface area contributed by atoms with Crippen molar-refractivity contribution in [3.8, 4) is 0 Å². The zero-order valence-corrected chi connectivity index (χ0v) is 10.7. The van der Waals surface area contributed by atoms with Gasteiger partial charge in [-0.15, -0.1) is 5.10 Å². The molecular weight excluding hydrogens is 266 g/mol. The monoisotopic (exact) mass is 277 g/mol. The molecule has 1 N–H and O–H groups in total. The molecule has 1 aromatic heterocycles. The Hall–Kier alpha value is -0.490. The minimum Gasteiger partial charge on any atom is -0.346 e. The highest BCUT2D eigenvalue weighted by atomic mass is 79.9. The van der Waals surface area contributed by atoms with Crippen LogP contribution in [0.5, 0.6) is 0 Å². The van der Waals surface area contributed by atoms with Crippen LogP contribution < -0.4 is 5.32 Å². The first-order chi connectivity index (χ1) is 6.46. The van der Waals surface area contributed by atoms with Crippen LogP contribution in [-0.4, -0.2) is 26.4 Å². The summed E-state index contributed by atoms with van der Waals surface area (Å²) in [5.41, 5.74) is 0.422. The molecule has 4 nitrogen and oxygen atoms in total. The van der Waals surface area contributed by atoms with Crippen molar-refractivity contribution in [3.05, 3.63) is 10.6 Å². The molecule has 0 radical (unpaired) electrons. The average Bonchev–Trinajstić information content (AvgIpc) is 2.51. The standard InChI is InChI=1S/C8H12BrN3OS/c1-5-6(14-12-11-5)7(13)10-8(2,3)4-9/h4H2,1-3H3,(H,10,13). The van der Waals surface area contributed by atoms with Crippen LogP contribution in [0, 0.1) is 6.92 Å². The largest absolute Gasteiger partial charge is 0.346 e. The van der Waals surface area contributed by atoms with Gasteiger partial charge in [-0.25, -0.2) is 0 Å². The van der Waals surface area contributed by atoms with Crippen LogP contribution in [0.3, 0.4) is 0 Å². The number of halogens is 1. The van der Waals surface area contributed by atoms with Gasteiger partial charge in [0.15, 0.2) is 0 Å². The second-order valence-corrected chi connectivity index (χ2v) is 4.97. The Labute approximate surface area is 95.4 Å². The second-order valence-electron chi connectivity index (χ2n) is 3.66. The van der Waals surface area contributed by atoms with Gasteiger partial charge in [0.1, 0.15) is 4.88 Å². The predicted octanol–water partition coefficient (Wildman–Crippen LogP) is 1.75. The van der Waals surface area contributed by atoms with E-state index in [4.69, 9.17) is 0 Å². The lowest BCUT2D eigenvalue weighted by molar-refractivity contribution is 0.0924. The van der Waals surface area contributed by atoms with Crippen LogP contribution in [0.15, 0.2) is 0 Å². The van der Waals surface area contributed by atoms with Crippen molar-refractivity contribution >= 4 is 33.4 Å². The van der Waals surface area contributed by atoms with E-state index in [9.17, 15) is 4.79 Å². The topological polar surface area (TPSA) is 54.9 Å². The van der Waals surface area contributed by atoms with Crippen LogP contribution in [0.4, 0.5) is 0 Å². The third-order valence-corrected chi connectivity index (χ3v) is 3.87. The smallest absolute Gasteiger partial charge is 0.265 e. The van der Waals surface area contributed by atoms with Gasteiger partial charge in [-0.2, -0.15) is 0 Å². The van der Waals surface area contributed by atoms with Gasteiger partial charge in [0.05, 0.1) is 5.69 Å². The predicted molar refractivity (Wildman–Crippen MR) is 60.0 cm³/mol. The Balaban J connectivity index is 2.73. The zero-order chi connectivity index (χ0) is 10.8. The Kier molecular flexibility index (Phi) is 3.60. The maximum absolute atomic E-state index is 11.7. The summed E-state index contributed by atoms with van der Waals surface area (Å²) < 4.78 is 3.72. The molecule has 1 rings (SSSR count). The summed E-state index contributed by atoms with van der Waals surface area (Å²) in [5.74, 6) is -0.109. The number of carbonyl (C=O) groups is 1. The van der Waals surface area contributed by atoms with Crippen LogP contribution in [0.25, 0.3) is 0 Å². The molecule has 0 bridgehead atoms. The van der Waals surface area contributed by atoms with Crippen molar-refractivity contribution in [2.75, 3.05) is 5.33 Å². The molecular formula is C8H12BrN3OS. The summed E-state index contributed by atoms with van der Waals surface area (Å²) in [6.45, 7) is 5.67. The van der Waals surface area contributed by atoms with Gasteiger partial charge in [-0.3, -0.25) is 4.79 Å². The van der Waals surface area contributed by atoms with Gasteiger partial charge in [-0.1, -0.05) is 20.4 Å². The van der Waals surface area contributed by atoms with Crippen molar-refractivity contribution in [2.24, 2.45) is 0 Å². The van der Waals surface area contributed by atoms with E-state index in [1.165, 1.54) is 0 Å². The Morgan fingerprint density at radius 2 is 2.29 bits per heavy atom. The van der Waals surface area contributed by atoms with Crippen LogP contribution in [0.1, 0.15) is 29.2 Å². The maximum Gasteiger partial charge on any atom is 0.265 e. The quantitative estimate of drug-likeness (QED) is 0.857.